The van der Waals surface area contributed by atoms with Crippen LogP contribution in [0.3, 0.4) is 0 Å². The van der Waals surface area contributed by atoms with Gasteiger partial charge in [-0.3, -0.25) is 9.69 Å². The summed E-state index contributed by atoms with van der Waals surface area (Å²) in [6.07, 6.45) is 1.97. The molecule has 0 saturated carbocycles. The summed E-state index contributed by atoms with van der Waals surface area (Å²) in [5, 5.41) is 11.9. The number of aliphatic hydroxyl groups is 1. The quantitative estimate of drug-likeness (QED) is 0.682. The van der Waals surface area contributed by atoms with E-state index in [1.165, 1.54) is 0 Å². The molecule has 17 heavy (non-hydrogen) atoms. The van der Waals surface area contributed by atoms with Gasteiger partial charge in [-0.2, -0.15) is 0 Å². The normalized spacial score (nSPS) is 20.2. The maximum Gasteiger partial charge on any atom is 0.234 e. The zero-order chi connectivity index (χ0) is 12.7. The number of nitrogens with zero attached hydrogens (tertiary/aromatic N) is 1. The number of carbonyl (C=O) groups excluding carboxylic acids is 1. The number of rotatable bonds is 6. The molecule has 1 saturated heterocycles. The number of hydrogen-bond donors (Lipinski definition) is 2. The Balaban J connectivity index is 2.19. The fraction of sp³-hybridized carbons (Fsp3) is 0.917. The molecule has 100 valence electrons. The van der Waals surface area contributed by atoms with Crippen molar-refractivity contribution in [3.8, 4) is 0 Å². The third-order valence-corrected chi connectivity index (χ3v) is 3.16. The van der Waals surface area contributed by atoms with Crippen LogP contribution in [0.2, 0.25) is 0 Å². The number of aliphatic hydroxyl groups excluding tert-OH is 1. The lowest BCUT2D eigenvalue weighted by Gasteiger charge is -2.30. The molecule has 5 nitrogen and oxygen atoms in total. The van der Waals surface area contributed by atoms with Crippen LogP contribution in [0.5, 0.6) is 0 Å². The summed E-state index contributed by atoms with van der Waals surface area (Å²) >= 11 is 0. The predicted octanol–water partition coefficient (Wildman–Crippen LogP) is -0.158. The largest absolute Gasteiger partial charge is 0.396 e. The molecule has 1 rings (SSSR count). The van der Waals surface area contributed by atoms with Crippen molar-refractivity contribution in [2.24, 2.45) is 5.92 Å². The molecule has 0 bridgehead atoms. The van der Waals surface area contributed by atoms with E-state index < -0.39 is 0 Å². The molecule has 0 aromatic rings. The minimum absolute atomic E-state index is 0.0528. The highest BCUT2D eigenvalue weighted by atomic mass is 16.5. The van der Waals surface area contributed by atoms with Gasteiger partial charge >= 0.3 is 0 Å². The third kappa shape index (κ3) is 5.48. The molecule has 0 aromatic carbocycles. The first-order valence-electron chi connectivity index (χ1n) is 6.27. The minimum Gasteiger partial charge on any atom is -0.396 e. The third-order valence-electron chi connectivity index (χ3n) is 3.16. The number of hydrogen-bond acceptors (Lipinski definition) is 4. The standard InChI is InChI=1S/C12H24N2O3/c1-10(9-17-2)13-12(16)7-14-5-3-11(8-15)4-6-14/h10-11,15H,3-9H2,1-2H3,(H,13,16)/t10-/m1/s1. The van der Waals surface area contributed by atoms with Gasteiger partial charge in [0.1, 0.15) is 0 Å². The molecule has 1 heterocycles. The van der Waals surface area contributed by atoms with Crippen molar-refractivity contribution in [1.29, 1.82) is 0 Å². The first-order chi connectivity index (χ1) is 8.15. The number of nitrogens with one attached hydrogen (secondary N) is 1. The van der Waals surface area contributed by atoms with Gasteiger partial charge in [0.15, 0.2) is 0 Å². The van der Waals surface area contributed by atoms with Crippen LogP contribution >= 0.6 is 0 Å². The van der Waals surface area contributed by atoms with Gasteiger partial charge in [-0.1, -0.05) is 0 Å². The molecule has 0 unspecified atom stereocenters. The van der Waals surface area contributed by atoms with E-state index >= 15 is 0 Å². The van der Waals surface area contributed by atoms with E-state index in [2.05, 4.69) is 10.2 Å². The van der Waals surface area contributed by atoms with Crippen molar-refractivity contribution < 1.29 is 14.6 Å². The first kappa shape index (κ1) is 14.4. The lowest BCUT2D eigenvalue weighted by molar-refractivity contribution is -0.123. The van der Waals surface area contributed by atoms with Crippen molar-refractivity contribution in [3.05, 3.63) is 0 Å². The smallest absolute Gasteiger partial charge is 0.234 e. The van der Waals surface area contributed by atoms with Gasteiger partial charge in [-0.15, -0.1) is 0 Å². The number of ether oxygens (including phenoxy) is 1. The van der Waals surface area contributed by atoms with Gasteiger partial charge in [0.25, 0.3) is 0 Å². The van der Waals surface area contributed by atoms with Gasteiger partial charge in [-0.05, 0) is 38.8 Å². The summed E-state index contributed by atoms with van der Waals surface area (Å²) in [5.74, 6) is 0.471. The lowest BCUT2D eigenvalue weighted by Crippen LogP contribution is -2.45. The molecule has 1 fully saturated rings. The number of methoxy groups -OCH3 is 1. The van der Waals surface area contributed by atoms with Crippen LogP contribution in [0, 0.1) is 5.92 Å². The topological polar surface area (TPSA) is 61.8 Å². The molecule has 1 aliphatic rings. The molecule has 1 aliphatic heterocycles. The Hall–Kier alpha value is -0.650. The first-order valence-corrected chi connectivity index (χ1v) is 6.27. The Morgan fingerprint density at radius 3 is 2.71 bits per heavy atom. The van der Waals surface area contributed by atoms with E-state index in [0.717, 1.165) is 25.9 Å². The SMILES string of the molecule is COC[C@@H](C)NC(=O)CN1CCC(CO)CC1. The van der Waals surface area contributed by atoms with E-state index in [1.54, 1.807) is 7.11 Å². The number of piperidine rings is 1. The zero-order valence-corrected chi connectivity index (χ0v) is 10.8. The summed E-state index contributed by atoms with van der Waals surface area (Å²) in [6.45, 7) is 4.99. The average Bonchev–Trinajstić information content (AvgIpc) is 2.30. The van der Waals surface area contributed by atoms with Gasteiger partial charge in [0.05, 0.1) is 13.2 Å². The fourth-order valence-electron chi connectivity index (χ4n) is 2.14. The molecule has 0 aromatic heterocycles. The molecular formula is C12H24N2O3. The summed E-state index contributed by atoms with van der Waals surface area (Å²) in [7, 11) is 1.63. The molecule has 0 aliphatic carbocycles. The summed E-state index contributed by atoms with van der Waals surface area (Å²) in [6, 6.07) is 0.0579. The molecular weight excluding hydrogens is 220 g/mol. The summed E-state index contributed by atoms with van der Waals surface area (Å²) in [5.41, 5.74) is 0. The van der Waals surface area contributed by atoms with Crippen LogP contribution in [-0.4, -0.2) is 61.9 Å². The fourth-order valence-corrected chi connectivity index (χ4v) is 2.14. The highest BCUT2D eigenvalue weighted by Gasteiger charge is 2.20. The Kier molecular flexibility index (Phi) is 6.47. The second kappa shape index (κ2) is 7.63. The molecule has 2 N–H and O–H groups in total. The Labute approximate surface area is 103 Å². The zero-order valence-electron chi connectivity index (χ0n) is 10.8. The molecule has 0 radical (unpaired) electrons. The van der Waals surface area contributed by atoms with E-state index in [-0.39, 0.29) is 18.6 Å². The summed E-state index contributed by atoms with van der Waals surface area (Å²) in [4.78, 5) is 13.8. The van der Waals surface area contributed by atoms with E-state index in [9.17, 15) is 4.79 Å². The van der Waals surface area contributed by atoms with E-state index in [4.69, 9.17) is 9.84 Å². The van der Waals surface area contributed by atoms with Crippen LogP contribution in [0.25, 0.3) is 0 Å². The highest BCUT2D eigenvalue weighted by Crippen LogP contribution is 2.15. The molecule has 1 atom stereocenters. The van der Waals surface area contributed by atoms with Crippen LogP contribution in [-0.2, 0) is 9.53 Å². The summed E-state index contributed by atoms with van der Waals surface area (Å²) < 4.78 is 4.97. The minimum atomic E-state index is 0.0528. The number of carbonyl (C=O) groups is 1. The maximum atomic E-state index is 11.7. The van der Waals surface area contributed by atoms with Gasteiger partial charge in [0, 0.05) is 19.8 Å². The Morgan fingerprint density at radius 1 is 1.53 bits per heavy atom. The van der Waals surface area contributed by atoms with Crippen molar-refractivity contribution in [2.75, 3.05) is 40.0 Å². The van der Waals surface area contributed by atoms with Crippen LogP contribution < -0.4 is 5.32 Å². The second-order valence-electron chi connectivity index (χ2n) is 4.83. The van der Waals surface area contributed by atoms with Crippen LogP contribution in [0.15, 0.2) is 0 Å². The second-order valence-corrected chi connectivity index (χ2v) is 4.83. The van der Waals surface area contributed by atoms with Crippen molar-refractivity contribution >= 4 is 5.91 Å². The predicted molar refractivity (Wildman–Crippen MR) is 65.7 cm³/mol. The highest BCUT2D eigenvalue weighted by molar-refractivity contribution is 5.78. The maximum absolute atomic E-state index is 11.7. The van der Waals surface area contributed by atoms with Crippen molar-refractivity contribution in [3.63, 3.8) is 0 Å². The van der Waals surface area contributed by atoms with E-state index in [0.29, 0.717) is 19.1 Å². The van der Waals surface area contributed by atoms with E-state index in [1.807, 2.05) is 6.92 Å². The Morgan fingerprint density at radius 2 is 2.18 bits per heavy atom. The number of amides is 1. The van der Waals surface area contributed by atoms with Crippen LogP contribution in [0.1, 0.15) is 19.8 Å². The number of likely N-dealkylation sites (tertiary alicyclic amines) is 1. The molecule has 5 heteroatoms. The Bertz CT molecular complexity index is 228. The van der Waals surface area contributed by atoms with Crippen molar-refractivity contribution in [1.82, 2.24) is 10.2 Å². The lowest BCUT2D eigenvalue weighted by atomic mass is 9.98. The van der Waals surface area contributed by atoms with Crippen molar-refractivity contribution in [2.45, 2.75) is 25.8 Å². The van der Waals surface area contributed by atoms with Gasteiger partial charge in [0.2, 0.25) is 5.91 Å². The monoisotopic (exact) mass is 244 g/mol. The molecule has 1 amide bonds. The average molecular weight is 244 g/mol. The van der Waals surface area contributed by atoms with Gasteiger partial charge in [-0.25, -0.2) is 0 Å². The van der Waals surface area contributed by atoms with Crippen LogP contribution in [0.4, 0.5) is 0 Å². The molecule has 0 spiro atoms. The van der Waals surface area contributed by atoms with Gasteiger partial charge < -0.3 is 15.2 Å².